The summed E-state index contributed by atoms with van der Waals surface area (Å²) in [5.41, 5.74) is -1.08. The van der Waals surface area contributed by atoms with Gasteiger partial charge in [-0.2, -0.15) is 0 Å². The normalized spacial score (nSPS) is 13.7. The van der Waals surface area contributed by atoms with Crippen molar-refractivity contribution < 1.29 is 9.90 Å². The zero-order valence-corrected chi connectivity index (χ0v) is 12.7. The first kappa shape index (κ1) is 17.2. The number of carbonyl (C=O) groups excluding carboxylic acids is 1. The number of hydrogen-bond acceptors (Lipinski definition) is 4. The largest absolute Gasteiger partial charge is 0.388 e. The van der Waals surface area contributed by atoms with Crippen LogP contribution in [0, 0.1) is 6.92 Å². The van der Waals surface area contributed by atoms with Gasteiger partial charge in [-0.05, 0) is 26.7 Å². The lowest BCUT2D eigenvalue weighted by molar-refractivity contribution is -0.122. The van der Waals surface area contributed by atoms with Crippen LogP contribution in [-0.2, 0) is 11.2 Å². The van der Waals surface area contributed by atoms with Crippen LogP contribution >= 0.6 is 0 Å². The molecule has 21 heavy (non-hydrogen) atoms. The minimum Gasteiger partial charge on any atom is -0.388 e. The molecule has 1 aromatic heterocycles. The van der Waals surface area contributed by atoms with Gasteiger partial charge in [-0.15, -0.1) is 0 Å². The van der Waals surface area contributed by atoms with E-state index in [0.29, 0.717) is 17.7 Å². The smallest absolute Gasteiger partial charge is 0.325 e. The van der Waals surface area contributed by atoms with Gasteiger partial charge in [0.15, 0.2) is 0 Å². The van der Waals surface area contributed by atoms with E-state index in [2.05, 4.69) is 15.3 Å². The monoisotopic (exact) mass is 297 g/mol. The molecule has 0 aliphatic heterocycles. The lowest BCUT2D eigenvalue weighted by Gasteiger charge is -2.22. The van der Waals surface area contributed by atoms with Crippen LogP contribution in [0.4, 0.5) is 0 Å². The van der Waals surface area contributed by atoms with E-state index < -0.39 is 16.9 Å². The molecule has 1 heterocycles. The summed E-state index contributed by atoms with van der Waals surface area (Å²) < 4.78 is 0. The van der Waals surface area contributed by atoms with Crippen molar-refractivity contribution in [1.82, 2.24) is 15.3 Å². The summed E-state index contributed by atoms with van der Waals surface area (Å²) in [7, 11) is 0. The van der Waals surface area contributed by atoms with Crippen molar-refractivity contribution in [2.24, 2.45) is 0 Å². The molecule has 118 valence electrons. The fourth-order valence-corrected chi connectivity index (χ4v) is 2.17. The molecule has 4 N–H and O–H groups in total. The van der Waals surface area contributed by atoms with Gasteiger partial charge in [0, 0.05) is 24.2 Å². The molecule has 0 spiro atoms. The third-order valence-electron chi connectivity index (χ3n) is 3.31. The van der Waals surface area contributed by atoms with E-state index in [1.54, 1.807) is 13.8 Å². The summed E-state index contributed by atoms with van der Waals surface area (Å²) >= 11 is 0. The predicted octanol–water partition coefficient (Wildman–Crippen LogP) is -0.0285. The Kier molecular flexibility index (Phi) is 5.90. The number of aromatic amines is 2. The van der Waals surface area contributed by atoms with Crippen LogP contribution in [0.2, 0.25) is 0 Å². The molecule has 0 aliphatic carbocycles. The molecule has 1 aromatic rings. The van der Waals surface area contributed by atoms with Crippen LogP contribution in [0.1, 0.15) is 44.4 Å². The Morgan fingerprint density at radius 2 is 2.00 bits per heavy atom. The standard InChI is InChI=1S/C14H23N3O4/c1-4-7-14(3,21)8-15-11(18)6-5-10-9(2)16-13(20)17-12(10)19/h21H,4-8H2,1-3H3,(H,15,18)(H2,16,17,19,20). The highest BCUT2D eigenvalue weighted by molar-refractivity contribution is 5.76. The second-order valence-electron chi connectivity index (χ2n) is 5.54. The lowest BCUT2D eigenvalue weighted by Crippen LogP contribution is -2.40. The van der Waals surface area contributed by atoms with Crippen molar-refractivity contribution >= 4 is 5.91 Å². The molecule has 0 bridgehead atoms. The number of amides is 1. The zero-order valence-electron chi connectivity index (χ0n) is 12.7. The number of hydrogen-bond donors (Lipinski definition) is 4. The maximum Gasteiger partial charge on any atom is 0.325 e. The van der Waals surface area contributed by atoms with Gasteiger partial charge in [-0.1, -0.05) is 13.3 Å². The SMILES string of the molecule is CCCC(C)(O)CNC(=O)CCc1c(C)[nH]c(=O)[nH]c1=O. The topological polar surface area (TPSA) is 115 Å². The highest BCUT2D eigenvalue weighted by atomic mass is 16.3. The number of aryl methyl sites for hydroxylation is 1. The Balaban J connectivity index is 2.55. The van der Waals surface area contributed by atoms with Crippen LogP contribution in [0.3, 0.4) is 0 Å². The Hall–Kier alpha value is -1.89. The van der Waals surface area contributed by atoms with Crippen molar-refractivity contribution in [3.8, 4) is 0 Å². The first-order valence-electron chi connectivity index (χ1n) is 7.06. The second kappa shape index (κ2) is 7.21. The van der Waals surface area contributed by atoms with E-state index in [1.165, 1.54) is 0 Å². The van der Waals surface area contributed by atoms with Gasteiger partial charge in [0.2, 0.25) is 5.91 Å². The number of aromatic nitrogens is 2. The first-order valence-corrected chi connectivity index (χ1v) is 7.06. The molecule has 0 saturated carbocycles. The molecule has 1 atom stereocenters. The molecule has 7 heteroatoms. The van der Waals surface area contributed by atoms with Crippen LogP contribution in [0.5, 0.6) is 0 Å². The van der Waals surface area contributed by atoms with E-state index in [4.69, 9.17) is 0 Å². The Labute approximate surface area is 122 Å². The zero-order chi connectivity index (χ0) is 16.0. The Morgan fingerprint density at radius 1 is 1.33 bits per heavy atom. The molecule has 0 radical (unpaired) electrons. The van der Waals surface area contributed by atoms with Gasteiger partial charge in [-0.25, -0.2) is 4.79 Å². The van der Waals surface area contributed by atoms with E-state index in [-0.39, 0.29) is 25.3 Å². The summed E-state index contributed by atoms with van der Waals surface area (Å²) in [6.45, 7) is 5.44. The van der Waals surface area contributed by atoms with Gasteiger partial charge >= 0.3 is 5.69 Å². The molecule has 0 aromatic carbocycles. The van der Waals surface area contributed by atoms with Gasteiger partial charge in [0.25, 0.3) is 5.56 Å². The minimum atomic E-state index is -0.921. The van der Waals surface area contributed by atoms with Crippen molar-refractivity contribution in [2.45, 2.75) is 52.1 Å². The highest BCUT2D eigenvalue weighted by Gasteiger charge is 2.19. The average molecular weight is 297 g/mol. The summed E-state index contributed by atoms with van der Waals surface area (Å²) in [4.78, 5) is 39.1. The van der Waals surface area contributed by atoms with Crippen LogP contribution < -0.4 is 16.6 Å². The van der Waals surface area contributed by atoms with E-state index >= 15 is 0 Å². The van der Waals surface area contributed by atoms with Gasteiger partial charge < -0.3 is 15.4 Å². The van der Waals surface area contributed by atoms with Crippen LogP contribution in [0.25, 0.3) is 0 Å². The molecular weight excluding hydrogens is 274 g/mol. The summed E-state index contributed by atoms with van der Waals surface area (Å²) in [6, 6.07) is 0. The molecule has 1 rings (SSSR count). The molecule has 0 aliphatic rings. The van der Waals surface area contributed by atoms with Crippen molar-refractivity contribution in [1.29, 1.82) is 0 Å². The van der Waals surface area contributed by atoms with Crippen LogP contribution in [-0.4, -0.2) is 33.1 Å². The van der Waals surface area contributed by atoms with Crippen molar-refractivity contribution in [2.75, 3.05) is 6.54 Å². The Bertz CT molecular complexity index is 601. The van der Waals surface area contributed by atoms with Gasteiger partial charge in [-0.3, -0.25) is 14.6 Å². The summed E-state index contributed by atoms with van der Waals surface area (Å²) in [5, 5.41) is 12.6. The number of nitrogens with one attached hydrogen (secondary N) is 3. The Morgan fingerprint density at radius 3 is 2.57 bits per heavy atom. The van der Waals surface area contributed by atoms with E-state index in [1.807, 2.05) is 6.92 Å². The average Bonchev–Trinajstić information content (AvgIpc) is 2.35. The molecular formula is C14H23N3O4. The molecule has 0 fully saturated rings. The predicted molar refractivity (Wildman–Crippen MR) is 79.3 cm³/mol. The number of carbonyl (C=O) groups is 1. The molecule has 0 saturated heterocycles. The number of rotatable bonds is 7. The first-order chi connectivity index (χ1) is 9.75. The fourth-order valence-electron chi connectivity index (χ4n) is 2.17. The lowest BCUT2D eigenvalue weighted by atomic mass is 10.0. The third-order valence-corrected chi connectivity index (χ3v) is 3.31. The van der Waals surface area contributed by atoms with Crippen molar-refractivity contribution in [3.05, 3.63) is 32.1 Å². The quantitative estimate of drug-likeness (QED) is 0.565. The molecule has 7 nitrogen and oxygen atoms in total. The second-order valence-corrected chi connectivity index (χ2v) is 5.54. The number of H-pyrrole nitrogens is 2. The summed E-state index contributed by atoms with van der Waals surface area (Å²) in [5.74, 6) is -0.239. The van der Waals surface area contributed by atoms with Crippen LogP contribution in [0.15, 0.2) is 9.59 Å². The number of aliphatic hydroxyl groups is 1. The highest BCUT2D eigenvalue weighted by Crippen LogP contribution is 2.10. The van der Waals surface area contributed by atoms with E-state index in [9.17, 15) is 19.5 Å². The maximum atomic E-state index is 11.8. The fraction of sp³-hybridized carbons (Fsp3) is 0.643. The summed E-state index contributed by atoms with van der Waals surface area (Å²) in [6.07, 6.45) is 1.79. The maximum absolute atomic E-state index is 11.8. The van der Waals surface area contributed by atoms with Gasteiger partial charge in [0.05, 0.1) is 5.60 Å². The molecule has 1 unspecified atom stereocenters. The molecule has 1 amide bonds. The third kappa shape index (κ3) is 5.55. The van der Waals surface area contributed by atoms with E-state index in [0.717, 1.165) is 6.42 Å². The van der Waals surface area contributed by atoms with Crippen molar-refractivity contribution in [3.63, 3.8) is 0 Å². The minimum absolute atomic E-state index is 0.123. The van der Waals surface area contributed by atoms with Gasteiger partial charge in [0.1, 0.15) is 0 Å².